The number of rotatable bonds is 5. The van der Waals surface area contributed by atoms with Gasteiger partial charge in [-0.15, -0.1) is 17.0 Å². The number of allylic oxidation sites excluding steroid dienone is 1. The Morgan fingerprint density at radius 2 is 1.96 bits per heavy atom. The molecule has 24 heavy (non-hydrogen) atoms. The average molecular weight is 413 g/mol. The Hall–Kier alpha value is -1.85. The average Bonchev–Trinajstić information content (AvgIpc) is 2.53. The van der Waals surface area contributed by atoms with Crippen molar-refractivity contribution in [1.82, 2.24) is 5.32 Å². The standard InChI is InChI=1S/C16H20N4O2S.BrH/c1-3-21-12-7-10-5-6-20-15(14(9-17)23-16(18)19)11(10)8-13(12)22-4-2;/h7-8,20H,3-6H2,1-2H3,(H3,18,19);1H. The third-order valence-electron chi connectivity index (χ3n) is 3.28. The molecule has 0 unspecified atom stereocenters. The van der Waals surface area contributed by atoms with Crippen LogP contribution in [0, 0.1) is 16.7 Å². The number of nitrogens with zero attached hydrogens (tertiary/aromatic N) is 1. The number of halogens is 1. The quantitative estimate of drug-likeness (QED) is 0.390. The Morgan fingerprint density at radius 1 is 1.33 bits per heavy atom. The molecule has 0 aromatic heterocycles. The van der Waals surface area contributed by atoms with E-state index >= 15 is 0 Å². The molecule has 1 heterocycles. The molecule has 0 amide bonds. The van der Waals surface area contributed by atoms with Gasteiger partial charge in [0.25, 0.3) is 0 Å². The Morgan fingerprint density at radius 3 is 2.50 bits per heavy atom. The van der Waals surface area contributed by atoms with Gasteiger partial charge in [0, 0.05) is 12.1 Å². The maximum Gasteiger partial charge on any atom is 0.161 e. The number of fused-ring (bicyclic) bond motifs is 1. The van der Waals surface area contributed by atoms with Gasteiger partial charge < -0.3 is 20.5 Å². The van der Waals surface area contributed by atoms with Crippen LogP contribution in [0.1, 0.15) is 25.0 Å². The van der Waals surface area contributed by atoms with Crippen molar-refractivity contribution in [2.45, 2.75) is 20.3 Å². The highest BCUT2D eigenvalue weighted by atomic mass is 79.9. The van der Waals surface area contributed by atoms with E-state index in [1.807, 2.05) is 26.0 Å². The van der Waals surface area contributed by atoms with Crippen molar-refractivity contribution >= 4 is 39.6 Å². The van der Waals surface area contributed by atoms with Crippen molar-refractivity contribution in [2.75, 3.05) is 19.8 Å². The number of ether oxygens (including phenoxy) is 2. The Bertz CT molecular complexity index is 685. The van der Waals surface area contributed by atoms with E-state index in [4.69, 9.17) is 20.6 Å². The second-order valence-electron chi connectivity index (χ2n) is 4.78. The number of hydrogen-bond donors (Lipinski definition) is 3. The molecule has 0 fully saturated rings. The molecule has 0 atom stereocenters. The molecule has 1 aromatic rings. The lowest BCUT2D eigenvalue weighted by atomic mass is 9.97. The molecular weight excluding hydrogens is 392 g/mol. The maximum atomic E-state index is 9.39. The number of nitriles is 1. The smallest absolute Gasteiger partial charge is 0.161 e. The van der Waals surface area contributed by atoms with Crippen LogP contribution in [0.4, 0.5) is 0 Å². The van der Waals surface area contributed by atoms with Gasteiger partial charge in [-0.05, 0) is 49.7 Å². The van der Waals surface area contributed by atoms with Gasteiger partial charge in [0.05, 0.1) is 18.9 Å². The first-order valence-electron chi connectivity index (χ1n) is 7.43. The summed E-state index contributed by atoms with van der Waals surface area (Å²) in [7, 11) is 0. The van der Waals surface area contributed by atoms with Gasteiger partial charge in [0.1, 0.15) is 11.0 Å². The van der Waals surface area contributed by atoms with Crippen LogP contribution in [-0.4, -0.2) is 24.9 Å². The van der Waals surface area contributed by atoms with Gasteiger partial charge in [-0.25, -0.2) is 0 Å². The summed E-state index contributed by atoms with van der Waals surface area (Å²) in [6.45, 7) is 5.64. The Balaban J connectivity index is 0.00000288. The van der Waals surface area contributed by atoms with E-state index in [0.717, 1.165) is 29.3 Å². The largest absolute Gasteiger partial charge is 0.490 e. The number of nitrogens with one attached hydrogen (secondary N) is 2. The fourth-order valence-electron chi connectivity index (χ4n) is 2.44. The summed E-state index contributed by atoms with van der Waals surface area (Å²) in [6, 6.07) is 5.98. The molecule has 0 saturated heterocycles. The summed E-state index contributed by atoms with van der Waals surface area (Å²) < 4.78 is 11.3. The molecule has 4 N–H and O–H groups in total. The zero-order valence-corrected chi connectivity index (χ0v) is 16.2. The predicted octanol–water partition coefficient (Wildman–Crippen LogP) is 3.03. The van der Waals surface area contributed by atoms with Gasteiger partial charge >= 0.3 is 0 Å². The van der Waals surface area contributed by atoms with E-state index in [1.54, 1.807) is 0 Å². The van der Waals surface area contributed by atoms with Crippen molar-refractivity contribution < 1.29 is 9.47 Å². The molecule has 6 nitrogen and oxygen atoms in total. The minimum absolute atomic E-state index is 0. The van der Waals surface area contributed by atoms with Gasteiger partial charge in [0.15, 0.2) is 16.7 Å². The number of amidine groups is 1. The van der Waals surface area contributed by atoms with Crippen LogP contribution in [0.3, 0.4) is 0 Å². The van der Waals surface area contributed by atoms with E-state index in [0.29, 0.717) is 41.9 Å². The lowest BCUT2D eigenvalue weighted by molar-refractivity contribution is 0.287. The van der Waals surface area contributed by atoms with E-state index in [1.165, 1.54) is 0 Å². The minimum atomic E-state index is -0.112. The van der Waals surface area contributed by atoms with Crippen LogP contribution in [0.2, 0.25) is 0 Å². The van der Waals surface area contributed by atoms with E-state index in [9.17, 15) is 5.26 Å². The third-order valence-corrected chi connectivity index (χ3v) is 3.99. The Labute approximate surface area is 156 Å². The van der Waals surface area contributed by atoms with Gasteiger partial charge in [-0.2, -0.15) is 5.26 Å². The van der Waals surface area contributed by atoms with Crippen molar-refractivity contribution in [2.24, 2.45) is 5.73 Å². The summed E-state index contributed by atoms with van der Waals surface area (Å²) in [6.07, 6.45) is 0.828. The molecule has 2 rings (SSSR count). The molecule has 8 heteroatoms. The number of nitrogens with two attached hydrogens (primary N) is 1. The lowest BCUT2D eigenvalue weighted by Gasteiger charge is -2.24. The molecule has 0 radical (unpaired) electrons. The van der Waals surface area contributed by atoms with Crippen LogP contribution in [0.5, 0.6) is 11.5 Å². The first-order chi connectivity index (χ1) is 11.1. The SMILES string of the molecule is Br.CCOc1cc2c(cc1OCC)C(=C(C#N)SC(=N)N)NCC2. The second-order valence-corrected chi connectivity index (χ2v) is 5.83. The first-order valence-corrected chi connectivity index (χ1v) is 8.25. The van der Waals surface area contributed by atoms with E-state index in [2.05, 4.69) is 11.4 Å². The van der Waals surface area contributed by atoms with Gasteiger partial charge in [-0.1, -0.05) is 0 Å². The van der Waals surface area contributed by atoms with Crippen LogP contribution in [0.15, 0.2) is 17.0 Å². The third kappa shape index (κ3) is 4.58. The highest BCUT2D eigenvalue weighted by Crippen LogP contribution is 2.37. The zero-order chi connectivity index (χ0) is 16.8. The Kier molecular flexibility index (Phi) is 7.95. The molecule has 1 aromatic carbocycles. The van der Waals surface area contributed by atoms with Gasteiger partial charge in [-0.3, -0.25) is 5.41 Å². The first kappa shape index (κ1) is 20.2. The number of benzene rings is 1. The molecule has 0 spiro atoms. The molecule has 0 aliphatic carbocycles. The molecule has 130 valence electrons. The lowest BCUT2D eigenvalue weighted by Crippen LogP contribution is -2.24. The zero-order valence-electron chi connectivity index (χ0n) is 13.6. The molecule has 1 aliphatic heterocycles. The maximum absolute atomic E-state index is 9.39. The van der Waals surface area contributed by atoms with Crippen LogP contribution in [0.25, 0.3) is 5.70 Å². The predicted molar refractivity (Wildman–Crippen MR) is 103 cm³/mol. The van der Waals surface area contributed by atoms with Crippen LogP contribution < -0.4 is 20.5 Å². The summed E-state index contributed by atoms with van der Waals surface area (Å²) in [5.74, 6) is 1.37. The van der Waals surface area contributed by atoms with Gasteiger partial charge in [0.2, 0.25) is 0 Å². The van der Waals surface area contributed by atoms with Crippen molar-refractivity contribution in [1.29, 1.82) is 10.7 Å². The molecule has 1 aliphatic rings. The van der Waals surface area contributed by atoms with Crippen molar-refractivity contribution in [3.05, 3.63) is 28.2 Å². The summed E-state index contributed by atoms with van der Waals surface area (Å²) in [4.78, 5) is 0.380. The topological polar surface area (TPSA) is 104 Å². The fraction of sp³-hybridized carbons (Fsp3) is 0.375. The van der Waals surface area contributed by atoms with Crippen LogP contribution >= 0.6 is 28.7 Å². The number of thioether (sulfide) groups is 1. The molecule has 0 saturated carbocycles. The van der Waals surface area contributed by atoms with Crippen molar-refractivity contribution in [3.63, 3.8) is 0 Å². The molecular formula is C16H21BrN4O2S. The highest BCUT2D eigenvalue weighted by Gasteiger charge is 2.22. The number of hydrogen-bond acceptors (Lipinski definition) is 6. The highest BCUT2D eigenvalue weighted by molar-refractivity contribution is 8.93. The van der Waals surface area contributed by atoms with E-state index in [-0.39, 0.29) is 22.1 Å². The summed E-state index contributed by atoms with van der Waals surface area (Å²) >= 11 is 0.948. The minimum Gasteiger partial charge on any atom is -0.490 e. The second kappa shape index (κ2) is 9.45. The summed E-state index contributed by atoms with van der Waals surface area (Å²) in [5, 5.41) is 19.9. The normalized spacial score (nSPS) is 14.4. The summed E-state index contributed by atoms with van der Waals surface area (Å²) in [5.41, 5.74) is 8.10. The van der Waals surface area contributed by atoms with Crippen molar-refractivity contribution in [3.8, 4) is 17.6 Å². The fourth-order valence-corrected chi connectivity index (χ4v) is 2.99. The van der Waals surface area contributed by atoms with Crippen LogP contribution in [-0.2, 0) is 6.42 Å². The molecule has 0 bridgehead atoms. The monoisotopic (exact) mass is 412 g/mol. The van der Waals surface area contributed by atoms with E-state index < -0.39 is 0 Å².